The lowest BCUT2D eigenvalue weighted by Gasteiger charge is -2.11. The number of allylic oxidation sites excluding steroid dienone is 1. The molecule has 0 aliphatic heterocycles. The first-order chi connectivity index (χ1) is 14.4. The minimum absolute atomic E-state index is 0.202. The zero-order valence-corrected chi connectivity index (χ0v) is 16.5. The van der Waals surface area contributed by atoms with Gasteiger partial charge in [-0.1, -0.05) is 0 Å². The number of anilines is 2. The van der Waals surface area contributed by atoms with Crippen molar-refractivity contribution in [2.75, 3.05) is 18.1 Å². The van der Waals surface area contributed by atoms with E-state index in [1.54, 1.807) is 24.7 Å². The predicted octanol–water partition coefficient (Wildman–Crippen LogP) is 1.74. The van der Waals surface area contributed by atoms with Crippen LogP contribution in [0.3, 0.4) is 0 Å². The Morgan fingerprint density at radius 3 is 2.67 bits per heavy atom. The first-order valence-corrected chi connectivity index (χ1v) is 8.99. The Labute approximate surface area is 172 Å². The largest absolute Gasteiger partial charge is 0.403 e. The van der Waals surface area contributed by atoms with Crippen molar-refractivity contribution >= 4 is 40.3 Å². The maximum absolute atomic E-state index is 12.2. The van der Waals surface area contributed by atoms with E-state index >= 15 is 0 Å². The minimum Gasteiger partial charge on any atom is -0.403 e. The third kappa shape index (κ3) is 4.41. The highest BCUT2D eigenvalue weighted by Crippen LogP contribution is 2.31. The highest BCUT2D eigenvalue weighted by atomic mass is 16.2. The summed E-state index contributed by atoms with van der Waals surface area (Å²) < 4.78 is 0. The Bertz CT molecular complexity index is 1190. The molecule has 2 amide bonds. The second-order valence-corrected chi connectivity index (χ2v) is 6.46. The molecule has 0 saturated carbocycles. The van der Waals surface area contributed by atoms with Gasteiger partial charge in [0.25, 0.3) is 0 Å². The van der Waals surface area contributed by atoms with Gasteiger partial charge in [-0.25, -0.2) is 4.98 Å². The van der Waals surface area contributed by atoms with E-state index in [1.165, 1.54) is 13.3 Å². The molecule has 6 N–H and O–H groups in total. The number of aromatic nitrogens is 2. The van der Waals surface area contributed by atoms with Crippen LogP contribution in [-0.2, 0) is 9.59 Å². The van der Waals surface area contributed by atoms with Gasteiger partial charge in [-0.15, -0.1) is 0 Å². The van der Waals surface area contributed by atoms with Gasteiger partial charge in [0.2, 0.25) is 0 Å². The van der Waals surface area contributed by atoms with Gasteiger partial charge >= 0.3 is 11.8 Å². The van der Waals surface area contributed by atoms with Crippen molar-refractivity contribution in [1.29, 1.82) is 0 Å². The molecule has 0 radical (unpaired) electrons. The molecule has 0 bridgehead atoms. The summed E-state index contributed by atoms with van der Waals surface area (Å²) in [6.45, 7) is 1.99. The molecule has 0 unspecified atom stereocenters. The van der Waals surface area contributed by atoms with Gasteiger partial charge in [-0.3, -0.25) is 19.6 Å². The summed E-state index contributed by atoms with van der Waals surface area (Å²) in [7, 11) is 1.52. The molecular formula is C21H21N7O2. The lowest BCUT2D eigenvalue weighted by atomic mass is 9.99. The van der Waals surface area contributed by atoms with Crippen LogP contribution in [0.25, 0.3) is 21.9 Å². The number of aliphatic imine (C=N–C) groups is 1. The zero-order valence-electron chi connectivity index (χ0n) is 16.5. The van der Waals surface area contributed by atoms with E-state index in [9.17, 15) is 9.59 Å². The van der Waals surface area contributed by atoms with Crippen LogP contribution in [-0.4, -0.2) is 35.0 Å². The number of nitrogen functional groups attached to an aromatic ring is 1. The molecule has 0 aliphatic carbocycles. The van der Waals surface area contributed by atoms with Crippen LogP contribution >= 0.6 is 0 Å². The number of hydrogen-bond acceptors (Lipinski definition) is 7. The van der Waals surface area contributed by atoms with Crippen molar-refractivity contribution in [3.8, 4) is 11.1 Å². The number of benzene rings is 1. The fourth-order valence-corrected chi connectivity index (χ4v) is 2.89. The molecule has 0 aliphatic rings. The maximum Gasteiger partial charge on any atom is 0.315 e. The number of nitrogens with one attached hydrogen (secondary N) is 2. The smallest absolute Gasteiger partial charge is 0.315 e. The number of fused-ring (bicyclic) bond motifs is 1. The monoisotopic (exact) mass is 403 g/mol. The van der Waals surface area contributed by atoms with Crippen molar-refractivity contribution in [1.82, 2.24) is 15.3 Å². The number of nitrogens with zero attached hydrogens (tertiary/aromatic N) is 3. The van der Waals surface area contributed by atoms with Gasteiger partial charge in [0.05, 0.1) is 5.70 Å². The summed E-state index contributed by atoms with van der Waals surface area (Å²) in [5.74, 6) is -1.57. The van der Waals surface area contributed by atoms with Crippen LogP contribution in [0.5, 0.6) is 0 Å². The van der Waals surface area contributed by atoms with Crippen molar-refractivity contribution in [3.05, 3.63) is 60.3 Å². The number of rotatable bonds is 4. The summed E-state index contributed by atoms with van der Waals surface area (Å²) in [5, 5.41) is 6.31. The number of nitrogens with two attached hydrogens (primary N) is 2. The van der Waals surface area contributed by atoms with Crippen LogP contribution < -0.4 is 22.1 Å². The van der Waals surface area contributed by atoms with Gasteiger partial charge in [0, 0.05) is 54.7 Å². The molecule has 9 heteroatoms. The summed E-state index contributed by atoms with van der Waals surface area (Å²) in [6.07, 6.45) is 7.50. The van der Waals surface area contributed by atoms with E-state index < -0.39 is 11.8 Å². The normalized spacial score (nSPS) is 11.6. The molecule has 2 heterocycles. The second kappa shape index (κ2) is 8.82. The number of pyridine rings is 2. The van der Waals surface area contributed by atoms with E-state index in [0.717, 1.165) is 33.7 Å². The number of amides is 2. The zero-order chi connectivity index (χ0) is 21.7. The fourth-order valence-electron chi connectivity index (χ4n) is 2.89. The Balaban J connectivity index is 1.88. The highest BCUT2D eigenvalue weighted by Gasteiger charge is 2.16. The number of aryl methyl sites for hydroxylation is 1. The summed E-state index contributed by atoms with van der Waals surface area (Å²) >= 11 is 0. The Kier molecular flexibility index (Phi) is 6.02. The maximum atomic E-state index is 12.2. The van der Waals surface area contributed by atoms with E-state index in [2.05, 4.69) is 25.6 Å². The lowest BCUT2D eigenvalue weighted by Crippen LogP contribution is -2.35. The Morgan fingerprint density at radius 2 is 1.97 bits per heavy atom. The molecule has 9 nitrogen and oxygen atoms in total. The first kappa shape index (κ1) is 20.5. The first-order valence-electron chi connectivity index (χ1n) is 8.99. The van der Waals surface area contributed by atoms with Crippen LogP contribution in [0.1, 0.15) is 5.56 Å². The molecule has 152 valence electrons. The molecule has 2 aromatic heterocycles. The van der Waals surface area contributed by atoms with Gasteiger partial charge in [-0.05, 0) is 47.7 Å². The molecule has 1 aromatic carbocycles. The SMILES string of the molecule is CN=CC(=CN)NC(=O)C(=O)Nc1cc2cc(-c3cnccc3C)cc(N)c2cn1. The molecule has 0 atom stereocenters. The fraction of sp³-hybridized carbons (Fsp3) is 0.0952. The van der Waals surface area contributed by atoms with Crippen molar-refractivity contribution in [2.45, 2.75) is 6.92 Å². The summed E-state index contributed by atoms with van der Waals surface area (Å²) in [6, 6.07) is 7.36. The van der Waals surface area contributed by atoms with Gasteiger partial charge in [0.15, 0.2) is 0 Å². The van der Waals surface area contributed by atoms with E-state index in [-0.39, 0.29) is 11.5 Å². The van der Waals surface area contributed by atoms with Crippen LogP contribution in [0.15, 0.2) is 59.7 Å². The number of hydrogen-bond donors (Lipinski definition) is 4. The number of carbonyl (C=O) groups is 2. The quantitative estimate of drug-likeness (QED) is 0.296. The third-order valence-corrected chi connectivity index (χ3v) is 4.37. The number of carbonyl (C=O) groups excluding carboxylic acids is 2. The summed E-state index contributed by atoms with van der Waals surface area (Å²) in [4.78, 5) is 36.3. The molecule has 0 fully saturated rings. The van der Waals surface area contributed by atoms with Crippen molar-refractivity contribution in [2.24, 2.45) is 10.7 Å². The average Bonchev–Trinajstić information content (AvgIpc) is 2.73. The second-order valence-electron chi connectivity index (χ2n) is 6.46. The highest BCUT2D eigenvalue weighted by molar-refractivity contribution is 6.40. The minimum atomic E-state index is -0.896. The molecule has 30 heavy (non-hydrogen) atoms. The summed E-state index contributed by atoms with van der Waals surface area (Å²) in [5.41, 5.74) is 15.2. The topological polar surface area (TPSA) is 148 Å². The van der Waals surface area contributed by atoms with Crippen LogP contribution in [0.4, 0.5) is 11.5 Å². The van der Waals surface area contributed by atoms with Gasteiger partial charge in [-0.2, -0.15) is 0 Å². The lowest BCUT2D eigenvalue weighted by molar-refractivity contribution is -0.135. The molecule has 0 saturated heterocycles. The van der Waals surface area contributed by atoms with E-state index in [4.69, 9.17) is 11.5 Å². The van der Waals surface area contributed by atoms with E-state index in [1.807, 2.05) is 25.1 Å². The molecule has 0 spiro atoms. The standard InChI is InChI=1S/C21H21N7O2/c1-12-3-4-25-10-16(12)13-5-14-7-19(26-11-17(14)18(23)6-13)28-21(30)20(29)27-15(8-22)9-24-2/h3-11H,22-23H2,1-2H3,(H,27,29)(H,26,28,30). The Morgan fingerprint density at radius 1 is 1.17 bits per heavy atom. The molecular weight excluding hydrogens is 382 g/mol. The molecule has 3 aromatic rings. The third-order valence-electron chi connectivity index (χ3n) is 4.37. The predicted molar refractivity (Wildman–Crippen MR) is 118 cm³/mol. The molecule has 3 rings (SSSR count). The van der Waals surface area contributed by atoms with Crippen molar-refractivity contribution < 1.29 is 9.59 Å². The van der Waals surface area contributed by atoms with E-state index in [0.29, 0.717) is 5.69 Å². The van der Waals surface area contributed by atoms with Gasteiger partial charge < -0.3 is 22.1 Å². The van der Waals surface area contributed by atoms with Crippen molar-refractivity contribution in [3.63, 3.8) is 0 Å². The average molecular weight is 403 g/mol. The van der Waals surface area contributed by atoms with Crippen LogP contribution in [0.2, 0.25) is 0 Å². The van der Waals surface area contributed by atoms with Gasteiger partial charge in [0.1, 0.15) is 5.82 Å². The Hall–Kier alpha value is -4.27. The van der Waals surface area contributed by atoms with Crippen LogP contribution in [0, 0.1) is 6.92 Å².